The van der Waals surface area contributed by atoms with Gasteiger partial charge in [0.2, 0.25) is 0 Å². The Labute approximate surface area is 115 Å². The topological polar surface area (TPSA) is 80.4 Å². The Balaban J connectivity index is 2.20. The second-order valence-electron chi connectivity index (χ2n) is 4.06. The van der Waals surface area contributed by atoms with Crippen LogP contribution in [0, 0.1) is 10.1 Å². The molecule has 0 atom stereocenters. The first-order chi connectivity index (χ1) is 9.58. The number of aromatic hydroxyl groups is 1. The summed E-state index contributed by atoms with van der Waals surface area (Å²) >= 11 is 0. The summed E-state index contributed by atoms with van der Waals surface area (Å²) in [6.07, 6.45) is 2.74. The van der Waals surface area contributed by atoms with Gasteiger partial charge in [-0.2, -0.15) is 0 Å². The second-order valence-corrected chi connectivity index (χ2v) is 4.06. The van der Waals surface area contributed by atoms with Gasteiger partial charge in [-0.1, -0.05) is 30.3 Å². The molecule has 0 unspecified atom stereocenters. The van der Waals surface area contributed by atoms with Crippen molar-refractivity contribution in [3.63, 3.8) is 0 Å². The van der Waals surface area contributed by atoms with Crippen LogP contribution in [-0.4, -0.2) is 15.8 Å². The molecule has 5 heteroatoms. The molecule has 100 valence electrons. The quantitative estimate of drug-likeness (QED) is 0.400. The van der Waals surface area contributed by atoms with Gasteiger partial charge in [-0.05, 0) is 18.2 Å². The van der Waals surface area contributed by atoms with Gasteiger partial charge in [-0.15, -0.1) is 0 Å². The summed E-state index contributed by atoms with van der Waals surface area (Å²) in [4.78, 5) is 21.8. The monoisotopic (exact) mass is 269 g/mol. The van der Waals surface area contributed by atoms with Crippen LogP contribution in [0.3, 0.4) is 0 Å². The van der Waals surface area contributed by atoms with Crippen LogP contribution in [0.15, 0.2) is 54.6 Å². The van der Waals surface area contributed by atoms with Gasteiger partial charge in [-0.3, -0.25) is 14.9 Å². The molecule has 2 aromatic carbocycles. The Hall–Kier alpha value is -2.95. The summed E-state index contributed by atoms with van der Waals surface area (Å²) in [5, 5.41) is 20.2. The maximum atomic E-state index is 11.8. The van der Waals surface area contributed by atoms with Crippen LogP contribution in [0.25, 0.3) is 6.08 Å². The largest absolute Gasteiger partial charge is 0.507 e. The number of phenolic OH excluding ortho intramolecular Hbond substituents is 1. The summed E-state index contributed by atoms with van der Waals surface area (Å²) in [6, 6.07) is 12.4. The van der Waals surface area contributed by atoms with E-state index in [1.165, 1.54) is 24.3 Å². The molecule has 0 bridgehead atoms. The van der Waals surface area contributed by atoms with Crippen molar-refractivity contribution in [1.82, 2.24) is 0 Å². The normalized spacial score (nSPS) is 10.6. The Morgan fingerprint density at radius 2 is 1.85 bits per heavy atom. The van der Waals surface area contributed by atoms with Crippen molar-refractivity contribution in [3.8, 4) is 5.75 Å². The van der Waals surface area contributed by atoms with Crippen molar-refractivity contribution < 1.29 is 14.8 Å². The minimum Gasteiger partial charge on any atom is -0.507 e. The summed E-state index contributed by atoms with van der Waals surface area (Å²) in [6.45, 7) is 0. The Morgan fingerprint density at radius 3 is 2.45 bits per heavy atom. The van der Waals surface area contributed by atoms with E-state index < -0.39 is 4.92 Å². The number of allylic oxidation sites excluding steroid dienone is 1. The predicted molar refractivity (Wildman–Crippen MR) is 74.6 cm³/mol. The SMILES string of the molecule is O=C(/C=C/c1ccc([N+](=O)[O-])cc1O)c1ccccc1. The molecule has 0 aromatic heterocycles. The van der Waals surface area contributed by atoms with Gasteiger partial charge in [0, 0.05) is 17.2 Å². The Morgan fingerprint density at radius 1 is 1.15 bits per heavy atom. The van der Waals surface area contributed by atoms with Gasteiger partial charge in [-0.25, -0.2) is 0 Å². The molecule has 0 saturated heterocycles. The van der Waals surface area contributed by atoms with Gasteiger partial charge in [0.15, 0.2) is 5.78 Å². The lowest BCUT2D eigenvalue weighted by Crippen LogP contribution is -1.93. The molecule has 2 rings (SSSR count). The van der Waals surface area contributed by atoms with Crippen molar-refractivity contribution in [2.75, 3.05) is 0 Å². The fraction of sp³-hybridized carbons (Fsp3) is 0. The van der Waals surface area contributed by atoms with E-state index in [4.69, 9.17) is 0 Å². The minimum absolute atomic E-state index is 0.200. The van der Waals surface area contributed by atoms with E-state index in [1.807, 2.05) is 6.07 Å². The number of ketones is 1. The molecule has 20 heavy (non-hydrogen) atoms. The highest BCUT2D eigenvalue weighted by Gasteiger charge is 2.08. The zero-order valence-electron chi connectivity index (χ0n) is 10.4. The highest BCUT2D eigenvalue weighted by Crippen LogP contribution is 2.24. The Bertz CT molecular complexity index is 678. The average Bonchev–Trinajstić information content (AvgIpc) is 2.46. The number of phenols is 1. The molecule has 1 N–H and O–H groups in total. The van der Waals surface area contributed by atoms with Gasteiger partial charge in [0.1, 0.15) is 5.75 Å². The highest BCUT2D eigenvalue weighted by atomic mass is 16.6. The summed E-state index contributed by atoms with van der Waals surface area (Å²) in [5.41, 5.74) is 0.680. The maximum Gasteiger partial charge on any atom is 0.273 e. The average molecular weight is 269 g/mol. The fourth-order valence-corrected chi connectivity index (χ4v) is 1.65. The second kappa shape index (κ2) is 5.79. The molecule has 0 amide bonds. The summed E-state index contributed by atoms with van der Waals surface area (Å²) in [5.74, 6) is -0.445. The van der Waals surface area contributed by atoms with Crippen molar-refractivity contribution in [2.24, 2.45) is 0 Å². The number of nitrogens with zero attached hydrogens (tertiary/aromatic N) is 1. The van der Waals surface area contributed by atoms with Crippen LogP contribution < -0.4 is 0 Å². The number of rotatable bonds is 4. The molecule has 0 aliphatic rings. The standard InChI is InChI=1S/C15H11NO4/c17-14(11-4-2-1-3-5-11)9-7-12-6-8-13(16(19)20)10-15(12)18/h1-10,18H/b9-7+. The van der Waals surface area contributed by atoms with E-state index in [0.29, 0.717) is 11.1 Å². The van der Waals surface area contributed by atoms with Crippen LogP contribution in [0.1, 0.15) is 15.9 Å². The number of carbonyl (C=O) groups excluding carboxylic acids is 1. The van der Waals surface area contributed by atoms with Crippen molar-refractivity contribution >= 4 is 17.5 Å². The smallest absolute Gasteiger partial charge is 0.273 e. The first-order valence-electron chi connectivity index (χ1n) is 5.83. The van der Waals surface area contributed by atoms with E-state index in [2.05, 4.69) is 0 Å². The molecule has 0 heterocycles. The molecular weight excluding hydrogens is 258 g/mol. The van der Waals surface area contributed by atoms with Gasteiger partial charge >= 0.3 is 0 Å². The Kier molecular flexibility index (Phi) is 3.91. The maximum absolute atomic E-state index is 11.8. The lowest BCUT2D eigenvalue weighted by molar-refractivity contribution is -0.384. The third-order valence-electron chi connectivity index (χ3n) is 2.70. The fourth-order valence-electron chi connectivity index (χ4n) is 1.65. The van der Waals surface area contributed by atoms with E-state index in [1.54, 1.807) is 24.3 Å². The summed E-state index contributed by atoms with van der Waals surface area (Å²) in [7, 11) is 0. The van der Waals surface area contributed by atoms with Crippen LogP contribution in [0.2, 0.25) is 0 Å². The third kappa shape index (κ3) is 3.08. The van der Waals surface area contributed by atoms with E-state index in [-0.39, 0.29) is 17.2 Å². The summed E-state index contributed by atoms with van der Waals surface area (Å²) < 4.78 is 0. The molecular formula is C15H11NO4. The number of carbonyl (C=O) groups is 1. The molecule has 0 radical (unpaired) electrons. The van der Waals surface area contributed by atoms with Crippen molar-refractivity contribution in [2.45, 2.75) is 0 Å². The van der Waals surface area contributed by atoms with Crippen molar-refractivity contribution in [1.29, 1.82) is 0 Å². The highest BCUT2D eigenvalue weighted by molar-refractivity contribution is 6.06. The van der Waals surface area contributed by atoms with E-state index >= 15 is 0 Å². The van der Waals surface area contributed by atoms with Gasteiger partial charge < -0.3 is 5.11 Å². The molecule has 2 aromatic rings. The number of nitro benzene ring substituents is 1. The van der Waals surface area contributed by atoms with E-state index in [0.717, 1.165) is 6.07 Å². The predicted octanol–water partition coefficient (Wildman–Crippen LogP) is 3.20. The number of hydrogen-bond donors (Lipinski definition) is 1. The van der Waals surface area contributed by atoms with Crippen molar-refractivity contribution in [3.05, 3.63) is 75.8 Å². The van der Waals surface area contributed by atoms with Crippen LogP contribution in [0.4, 0.5) is 5.69 Å². The van der Waals surface area contributed by atoms with Gasteiger partial charge in [0.25, 0.3) is 5.69 Å². The first-order valence-corrected chi connectivity index (χ1v) is 5.83. The number of non-ortho nitro benzene ring substituents is 1. The third-order valence-corrected chi connectivity index (χ3v) is 2.70. The molecule has 0 saturated carbocycles. The van der Waals surface area contributed by atoms with E-state index in [9.17, 15) is 20.0 Å². The molecule has 0 aliphatic carbocycles. The minimum atomic E-state index is -0.595. The number of hydrogen-bond acceptors (Lipinski definition) is 4. The zero-order chi connectivity index (χ0) is 14.5. The lowest BCUT2D eigenvalue weighted by atomic mass is 10.1. The lowest BCUT2D eigenvalue weighted by Gasteiger charge is -1.99. The van der Waals surface area contributed by atoms with Crippen LogP contribution in [-0.2, 0) is 0 Å². The van der Waals surface area contributed by atoms with Crippen LogP contribution in [0.5, 0.6) is 5.75 Å². The molecule has 5 nitrogen and oxygen atoms in total. The number of benzene rings is 2. The van der Waals surface area contributed by atoms with Crippen LogP contribution >= 0.6 is 0 Å². The molecule has 0 spiro atoms. The molecule has 0 fully saturated rings. The first kappa shape index (κ1) is 13.5. The molecule has 0 aliphatic heterocycles. The zero-order valence-corrected chi connectivity index (χ0v) is 10.4. The number of nitro groups is 1. The van der Waals surface area contributed by atoms with Gasteiger partial charge in [0.05, 0.1) is 11.0 Å².